The van der Waals surface area contributed by atoms with Gasteiger partial charge in [-0.1, -0.05) is 0 Å². The number of thiophene rings is 1. The van der Waals surface area contributed by atoms with Crippen molar-refractivity contribution >= 4 is 22.7 Å². The fraction of sp³-hybridized carbons (Fsp3) is 0. The third-order valence-corrected chi connectivity index (χ3v) is 2.46. The molecule has 1 nitrogen and oxygen atoms in total. The summed E-state index contributed by atoms with van der Waals surface area (Å²) in [5, 5.41) is 3.97. The first-order valence-corrected chi connectivity index (χ1v) is 4.50. The molecule has 2 heterocycles. The minimum atomic E-state index is 0.986. The van der Waals surface area contributed by atoms with Gasteiger partial charge in [0, 0.05) is 11.4 Å². The minimum absolute atomic E-state index is 0.986. The Bertz CT molecular complexity index is 251. The van der Waals surface area contributed by atoms with Gasteiger partial charge in [0.2, 0.25) is 0 Å². The fourth-order valence-electron chi connectivity index (χ4n) is 0.668. The number of thiazole rings is 1. The predicted octanol–water partition coefficient (Wildman–Crippen LogP) is 2.47. The third kappa shape index (κ3) is 0.978. The molecule has 0 unspecified atom stereocenters. The van der Waals surface area contributed by atoms with Crippen LogP contribution in [-0.2, 0) is 0 Å². The van der Waals surface area contributed by atoms with Gasteiger partial charge in [-0.15, -0.1) is 22.7 Å². The van der Waals surface area contributed by atoms with E-state index in [4.69, 9.17) is 0 Å². The molecule has 0 saturated heterocycles. The van der Waals surface area contributed by atoms with Gasteiger partial charge in [0.25, 0.3) is 0 Å². The van der Waals surface area contributed by atoms with E-state index in [9.17, 15) is 0 Å². The molecule has 0 fully saturated rings. The maximum atomic E-state index is 4.03. The normalized spacial score (nSPS) is 10.0. The maximum Gasteiger partial charge on any atom is 0.152 e. The number of nitrogens with zero attached hydrogens (tertiary/aromatic N) is 1. The molecule has 2 aromatic heterocycles. The Morgan fingerprint density at radius 2 is 2.50 bits per heavy atom. The SMILES string of the molecule is [c]1nc(-c2[c]ccs2)cs1. The summed E-state index contributed by atoms with van der Waals surface area (Å²) in [5.74, 6) is 0. The van der Waals surface area contributed by atoms with Crippen LogP contribution < -0.4 is 0 Å². The Morgan fingerprint density at radius 3 is 3.10 bits per heavy atom. The first-order valence-electron chi connectivity index (χ1n) is 2.74. The Labute approximate surface area is 67.0 Å². The number of rotatable bonds is 1. The zero-order valence-corrected chi connectivity index (χ0v) is 6.63. The fourth-order valence-corrected chi connectivity index (χ4v) is 1.86. The minimum Gasteiger partial charge on any atom is -0.233 e. The summed E-state index contributed by atoms with van der Waals surface area (Å²) in [6.07, 6.45) is 0. The highest BCUT2D eigenvalue weighted by atomic mass is 32.1. The summed E-state index contributed by atoms with van der Waals surface area (Å²) in [7, 11) is 0. The maximum absolute atomic E-state index is 4.03. The standard InChI is InChI=1S/C7H3NS2/c1-2-7(10-3-1)6-4-9-5-8-6/h1,3-4H. The lowest BCUT2D eigenvalue weighted by Gasteiger charge is -1.82. The van der Waals surface area contributed by atoms with Crippen molar-refractivity contribution in [3.05, 3.63) is 28.4 Å². The molecule has 2 radical (unpaired) electrons. The van der Waals surface area contributed by atoms with Crippen LogP contribution in [0.1, 0.15) is 0 Å². The van der Waals surface area contributed by atoms with Crippen molar-refractivity contribution in [3.63, 3.8) is 0 Å². The Hall–Kier alpha value is -0.670. The van der Waals surface area contributed by atoms with Gasteiger partial charge in [0.15, 0.2) is 5.51 Å². The van der Waals surface area contributed by atoms with Gasteiger partial charge in [-0.25, -0.2) is 4.98 Å². The van der Waals surface area contributed by atoms with Gasteiger partial charge in [-0.3, -0.25) is 0 Å². The zero-order valence-electron chi connectivity index (χ0n) is 5.00. The molecule has 0 spiro atoms. The highest BCUT2D eigenvalue weighted by molar-refractivity contribution is 7.14. The van der Waals surface area contributed by atoms with Crippen molar-refractivity contribution in [2.45, 2.75) is 0 Å². The van der Waals surface area contributed by atoms with Crippen molar-refractivity contribution in [3.8, 4) is 10.6 Å². The van der Waals surface area contributed by atoms with Crippen LogP contribution in [0.5, 0.6) is 0 Å². The molecule has 3 heteroatoms. The molecular weight excluding hydrogens is 162 g/mol. The predicted molar refractivity (Wildman–Crippen MR) is 43.1 cm³/mol. The summed E-state index contributed by atoms with van der Waals surface area (Å²) < 4.78 is 0. The van der Waals surface area contributed by atoms with Crippen molar-refractivity contribution in [2.75, 3.05) is 0 Å². The average Bonchev–Trinajstić information content (AvgIpc) is 2.59. The molecule has 0 N–H and O–H groups in total. The number of hydrogen-bond acceptors (Lipinski definition) is 3. The van der Waals surface area contributed by atoms with Crippen LogP contribution in [0.4, 0.5) is 0 Å². The van der Waals surface area contributed by atoms with E-state index in [0.717, 1.165) is 10.6 Å². The van der Waals surface area contributed by atoms with Crippen LogP contribution >= 0.6 is 22.7 Å². The van der Waals surface area contributed by atoms with Crippen LogP contribution in [0.15, 0.2) is 16.8 Å². The zero-order chi connectivity index (χ0) is 6.81. The van der Waals surface area contributed by atoms with Gasteiger partial charge >= 0.3 is 0 Å². The van der Waals surface area contributed by atoms with E-state index in [1.807, 2.05) is 16.8 Å². The molecule has 2 aromatic rings. The lowest BCUT2D eigenvalue weighted by molar-refractivity contribution is 1.42. The van der Waals surface area contributed by atoms with Gasteiger partial charge < -0.3 is 0 Å². The molecule has 0 aromatic carbocycles. The van der Waals surface area contributed by atoms with Crippen LogP contribution in [-0.4, -0.2) is 4.98 Å². The van der Waals surface area contributed by atoms with E-state index in [-0.39, 0.29) is 0 Å². The highest BCUT2D eigenvalue weighted by Gasteiger charge is 1.98. The van der Waals surface area contributed by atoms with Crippen LogP contribution in [0.2, 0.25) is 0 Å². The Kier molecular flexibility index (Phi) is 1.53. The van der Waals surface area contributed by atoms with E-state index >= 15 is 0 Å². The van der Waals surface area contributed by atoms with Crippen LogP contribution in [0.3, 0.4) is 0 Å². The average molecular weight is 165 g/mol. The Balaban J connectivity index is 2.48. The van der Waals surface area contributed by atoms with Crippen LogP contribution in [0.25, 0.3) is 10.6 Å². The molecule has 10 heavy (non-hydrogen) atoms. The molecule has 0 amide bonds. The van der Waals surface area contributed by atoms with Gasteiger partial charge in [-0.2, -0.15) is 0 Å². The summed E-state index contributed by atoms with van der Waals surface area (Å²) in [6.45, 7) is 0. The van der Waals surface area contributed by atoms with E-state index in [0.29, 0.717) is 0 Å². The van der Waals surface area contributed by atoms with Crippen molar-refractivity contribution in [2.24, 2.45) is 0 Å². The molecule has 0 aliphatic heterocycles. The molecule has 2 rings (SSSR count). The monoisotopic (exact) mass is 165 g/mol. The largest absolute Gasteiger partial charge is 0.233 e. The second kappa shape index (κ2) is 2.52. The van der Waals surface area contributed by atoms with Crippen molar-refractivity contribution in [1.29, 1.82) is 0 Å². The quantitative estimate of drug-likeness (QED) is 0.632. The second-order valence-electron chi connectivity index (χ2n) is 1.72. The van der Waals surface area contributed by atoms with Crippen LogP contribution in [0, 0.1) is 11.6 Å². The molecule has 48 valence electrons. The van der Waals surface area contributed by atoms with Gasteiger partial charge in [0.05, 0.1) is 10.6 Å². The van der Waals surface area contributed by atoms with E-state index in [1.165, 1.54) is 11.3 Å². The summed E-state index contributed by atoms with van der Waals surface area (Å²) in [6, 6.07) is 4.98. The molecule has 0 atom stereocenters. The third-order valence-electron chi connectivity index (χ3n) is 1.09. The molecule has 0 aliphatic carbocycles. The number of hydrogen-bond donors (Lipinski definition) is 0. The highest BCUT2D eigenvalue weighted by Crippen LogP contribution is 2.22. The van der Waals surface area contributed by atoms with E-state index in [1.54, 1.807) is 11.3 Å². The number of aromatic nitrogens is 1. The first-order chi connectivity index (χ1) is 4.97. The summed E-state index contributed by atoms with van der Waals surface area (Å²) >= 11 is 3.14. The topological polar surface area (TPSA) is 12.9 Å². The molecule has 0 saturated carbocycles. The molecule has 0 bridgehead atoms. The first kappa shape index (κ1) is 6.07. The van der Waals surface area contributed by atoms with Crippen molar-refractivity contribution < 1.29 is 0 Å². The molecular formula is C7H3NS2. The lowest BCUT2D eigenvalue weighted by atomic mass is 10.4. The lowest BCUT2D eigenvalue weighted by Crippen LogP contribution is -1.66. The van der Waals surface area contributed by atoms with Crippen molar-refractivity contribution in [1.82, 2.24) is 4.98 Å². The smallest absolute Gasteiger partial charge is 0.152 e. The van der Waals surface area contributed by atoms with Gasteiger partial charge in [-0.05, 0) is 11.4 Å². The molecule has 0 aliphatic rings. The van der Waals surface area contributed by atoms with E-state index < -0.39 is 0 Å². The van der Waals surface area contributed by atoms with Gasteiger partial charge in [0.1, 0.15) is 0 Å². The second-order valence-corrected chi connectivity index (χ2v) is 3.29. The summed E-state index contributed by atoms with van der Waals surface area (Å²) in [4.78, 5) is 5.13. The summed E-state index contributed by atoms with van der Waals surface area (Å²) in [5.41, 5.74) is 3.78. The van der Waals surface area contributed by atoms with E-state index in [2.05, 4.69) is 16.6 Å². The Morgan fingerprint density at radius 1 is 1.50 bits per heavy atom.